The lowest BCUT2D eigenvalue weighted by Crippen LogP contribution is -2.48. The topological polar surface area (TPSA) is 111 Å². The van der Waals surface area contributed by atoms with Crippen molar-refractivity contribution in [3.05, 3.63) is 83.0 Å². The Morgan fingerprint density at radius 1 is 1.00 bits per heavy atom. The number of benzene rings is 2. The van der Waals surface area contributed by atoms with Gasteiger partial charge in [-0.3, -0.25) is 24.0 Å². The van der Waals surface area contributed by atoms with Gasteiger partial charge < -0.3 is 10.1 Å². The second-order valence-corrected chi connectivity index (χ2v) is 7.47. The number of hydrogen-bond donors (Lipinski definition) is 1. The fourth-order valence-electron chi connectivity index (χ4n) is 3.77. The summed E-state index contributed by atoms with van der Waals surface area (Å²) >= 11 is 0. The summed E-state index contributed by atoms with van der Waals surface area (Å²) in [6.45, 7) is 1.83. The summed E-state index contributed by atoms with van der Waals surface area (Å²) in [5.41, 5.74) is 1.35. The van der Waals surface area contributed by atoms with E-state index in [0.717, 1.165) is 10.5 Å². The first-order valence-corrected chi connectivity index (χ1v) is 10.4. The van der Waals surface area contributed by atoms with Gasteiger partial charge >= 0.3 is 5.97 Å². The monoisotopic (exact) mass is 446 g/mol. The Hall–Kier alpha value is -4.27. The maximum absolute atomic E-state index is 13.5. The number of anilines is 1. The Bertz CT molecular complexity index is 1200. The minimum absolute atomic E-state index is 0.0773. The molecule has 1 N–H and O–H groups in total. The van der Waals surface area contributed by atoms with E-state index in [-0.39, 0.29) is 35.5 Å². The lowest BCUT2D eigenvalue weighted by molar-refractivity contribution is -0.120. The van der Waals surface area contributed by atoms with Crippen LogP contribution in [0.3, 0.4) is 0 Å². The zero-order valence-corrected chi connectivity index (χ0v) is 18.1. The van der Waals surface area contributed by atoms with Gasteiger partial charge in [-0.2, -0.15) is 5.10 Å². The van der Waals surface area contributed by atoms with Crippen molar-refractivity contribution >= 4 is 29.5 Å². The van der Waals surface area contributed by atoms with Crippen LogP contribution in [0.25, 0.3) is 0 Å². The zero-order chi connectivity index (χ0) is 23.5. The molecule has 0 aliphatic carbocycles. The molecule has 168 valence electrons. The Kier molecular flexibility index (Phi) is 6.03. The van der Waals surface area contributed by atoms with Crippen molar-refractivity contribution in [2.75, 3.05) is 11.9 Å². The van der Waals surface area contributed by atoms with Crippen LogP contribution in [0, 0.1) is 0 Å². The molecule has 0 spiro atoms. The molecule has 3 amide bonds. The second kappa shape index (κ2) is 9.07. The maximum Gasteiger partial charge on any atom is 0.343 e. The number of carbonyl (C=O) groups excluding carboxylic acids is 4. The van der Waals surface area contributed by atoms with Crippen LogP contribution in [0.15, 0.2) is 60.8 Å². The average molecular weight is 446 g/mol. The quantitative estimate of drug-likeness (QED) is 0.441. The van der Waals surface area contributed by atoms with E-state index in [1.807, 2.05) is 30.3 Å². The van der Waals surface area contributed by atoms with Crippen LogP contribution >= 0.6 is 0 Å². The van der Waals surface area contributed by atoms with Gasteiger partial charge in [0.15, 0.2) is 0 Å². The number of aromatic nitrogens is 2. The molecule has 1 aliphatic heterocycles. The second-order valence-electron chi connectivity index (χ2n) is 7.47. The van der Waals surface area contributed by atoms with E-state index in [1.54, 1.807) is 38.2 Å². The van der Waals surface area contributed by atoms with Crippen molar-refractivity contribution in [1.29, 1.82) is 0 Å². The first kappa shape index (κ1) is 21.9. The average Bonchev–Trinajstić information content (AvgIpc) is 3.30. The van der Waals surface area contributed by atoms with Gasteiger partial charge in [0, 0.05) is 13.5 Å². The molecule has 4 rings (SSSR count). The number of imide groups is 1. The molecular weight excluding hydrogens is 424 g/mol. The van der Waals surface area contributed by atoms with Crippen molar-refractivity contribution in [3.8, 4) is 0 Å². The van der Waals surface area contributed by atoms with Crippen molar-refractivity contribution < 1.29 is 23.9 Å². The lowest BCUT2D eigenvalue weighted by Gasteiger charge is -2.25. The van der Waals surface area contributed by atoms with E-state index in [9.17, 15) is 19.2 Å². The molecule has 0 saturated heterocycles. The molecule has 33 heavy (non-hydrogen) atoms. The minimum atomic E-state index is -1.15. The fourth-order valence-corrected chi connectivity index (χ4v) is 3.77. The van der Waals surface area contributed by atoms with Gasteiger partial charge in [0.2, 0.25) is 5.91 Å². The number of nitrogens with zero attached hydrogens (tertiary/aromatic N) is 3. The molecule has 1 aromatic heterocycles. The molecule has 9 heteroatoms. The highest BCUT2D eigenvalue weighted by Crippen LogP contribution is 2.27. The number of aryl methyl sites for hydroxylation is 1. The van der Waals surface area contributed by atoms with E-state index < -0.39 is 29.7 Å². The first-order chi connectivity index (χ1) is 15.9. The number of fused-ring (bicyclic) bond motifs is 1. The molecule has 0 fully saturated rings. The lowest BCUT2D eigenvalue weighted by atomic mass is 10.0. The summed E-state index contributed by atoms with van der Waals surface area (Å²) in [7, 11) is 1.56. The minimum Gasteiger partial charge on any atom is -0.462 e. The van der Waals surface area contributed by atoms with E-state index in [0.29, 0.717) is 0 Å². The normalized spacial score (nSPS) is 13.6. The Balaban J connectivity index is 1.69. The smallest absolute Gasteiger partial charge is 0.343 e. The molecule has 0 saturated carbocycles. The third kappa shape index (κ3) is 4.12. The number of carbonyl (C=O) groups is 4. The van der Waals surface area contributed by atoms with Gasteiger partial charge in [0.05, 0.1) is 23.9 Å². The molecule has 9 nitrogen and oxygen atoms in total. The third-order valence-electron chi connectivity index (χ3n) is 5.39. The van der Waals surface area contributed by atoms with Gasteiger partial charge in [0.1, 0.15) is 17.4 Å². The molecule has 0 radical (unpaired) electrons. The van der Waals surface area contributed by atoms with Crippen molar-refractivity contribution in [2.24, 2.45) is 7.05 Å². The molecule has 1 unspecified atom stereocenters. The molecule has 1 aliphatic rings. The standard InChI is InChI=1S/C24H22N4O5/c1-3-33-24(32)18-14-25-27(2)20(18)26-21(29)19(13-15-9-5-4-6-10-15)28-22(30)16-11-7-8-12-17(16)23(28)31/h4-12,14,19H,3,13H2,1-2H3,(H,26,29). The largest absolute Gasteiger partial charge is 0.462 e. The highest BCUT2D eigenvalue weighted by atomic mass is 16.5. The fraction of sp³-hybridized carbons (Fsp3) is 0.208. The van der Waals surface area contributed by atoms with E-state index in [4.69, 9.17) is 4.74 Å². The summed E-state index contributed by atoms with van der Waals surface area (Å²) in [6.07, 6.45) is 1.40. The summed E-state index contributed by atoms with van der Waals surface area (Å²) in [5.74, 6) is -2.22. The maximum atomic E-state index is 13.5. The predicted octanol–water partition coefficient (Wildman–Crippen LogP) is 2.44. The SMILES string of the molecule is CCOC(=O)c1cnn(C)c1NC(=O)C(Cc1ccccc1)N1C(=O)c2ccccc2C1=O. The van der Waals surface area contributed by atoms with Crippen molar-refractivity contribution in [2.45, 2.75) is 19.4 Å². The molecule has 2 aromatic carbocycles. The highest BCUT2D eigenvalue weighted by molar-refractivity contribution is 6.23. The van der Waals surface area contributed by atoms with Gasteiger partial charge in [-0.15, -0.1) is 0 Å². The molecule has 2 heterocycles. The van der Waals surface area contributed by atoms with Gasteiger partial charge in [-0.25, -0.2) is 4.79 Å². The Morgan fingerprint density at radius 2 is 1.61 bits per heavy atom. The van der Waals surface area contributed by atoms with Crippen LogP contribution in [-0.4, -0.2) is 51.0 Å². The predicted molar refractivity (Wildman–Crippen MR) is 119 cm³/mol. The summed E-state index contributed by atoms with van der Waals surface area (Å²) in [6, 6.07) is 14.4. The number of ether oxygens (including phenoxy) is 1. The van der Waals surface area contributed by atoms with Crippen LogP contribution in [0.5, 0.6) is 0 Å². The number of rotatable bonds is 7. The molecule has 3 aromatic rings. The first-order valence-electron chi connectivity index (χ1n) is 10.4. The third-order valence-corrected chi connectivity index (χ3v) is 5.39. The number of esters is 1. The van der Waals surface area contributed by atoms with Crippen molar-refractivity contribution in [1.82, 2.24) is 14.7 Å². The van der Waals surface area contributed by atoms with Crippen LogP contribution in [0.1, 0.15) is 43.6 Å². The number of amides is 3. The van der Waals surface area contributed by atoms with Gasteiger partial charge in [0.25, 0.3) is 11.8 Å². The Morgan fingerprint density at radius 3 is 2.21 bits per heavy atom. The van der Waals surface area contributed by atoms with Gasteiger partial charge in [-0.05, 0) is 24.6 Å². The van der Waals surface area contributed by atoms with Crippen LogP contribution < -0.4 is 5.32 Å². The summed E-state index contributed by atoms with van der Waals surface area (Å²) < 4.78 is 6.36. The number of hydrogen-bond acceptors (Lipinski definition) is 6. The molecule has 1 atom stereocenters. The van der Waals surface area contributed by atoms with E-state index in [1.165, 1.54) is 10.9 Å². The Labute approximate surface area is 190 Å². The van der Waals surface area contributed by atoms with E-state index in [2.05, 4.69) is 10.4 Å². The van der Waals surface area contributed by atoms with Crippen LogP contribution in [0.4, 0.5) is 5.82 Å². The van der Waals surface area contributed by atoms with Crippen molar-refractivity contribution in [3.63, 3.8) is 0 Å². The molecular formula is C24H22N4O5. The van der Waals surface area contributed by atoms with Crippen LogP contribution in [0.2, 0.25) is 0 Å². The number of nitrogens with one attached hydrogen (secondary N) is 1. The van der Waals surface area contributed by atoms with Crippen LogP contribution in [-0.2, 0) is 23.0 Å². The van der Waals surface area contributed by atoms with E-state index >= 15 is 0 Å². The summed E-state index contributed by atoms with van der Waals surface area (Å²) in [4.78, 5) is 53.0. The zero-order valence-electron chi connectivity index (χ0n) is 18.1. The summed E-state index contributed by atoms with van der Waals surface area (Å²) in [5, 5.41) is 6.71. The molecule has 0 bridgehead atoms. The van der Waals surface area contributed by atoms with Gasteiger partial charge in [-0.1, -0.05) is 42.5 Å². The highest BCUT2D eigenvalue weighted by Gasteiger charge is 2.43.